The van der Waals surface area contributed by atoms with Crippen LogP contribution in [0.3, 0.4) is 0 Å². The number of rotatable bonds is 4. The van der Waals surface area contributed by atoms with E-state index in [1.165, 1.54) is 102 Å². The minimum Gasteiger partial charge on any atom is -0.309 e. The van der Waals surface area contributed by atoms with Crippen molar-refractivity contribution in [2.24, 2.45) is 23.7 Å². The van der Waals surface area contributed by atoms with Crippen molar-refractivity contribution in [2.45, 2.75) is 37.5 Å². The van der Waals surface area contributed by atoms with E-state index in [1.54, 1.807) is 11.1 Å². The first-order chi connectivity index (χ1) is 25.8. The topological polar surface area (TPSA) is 3.24 Å². The van der Waals surface area contributed by atoms with Crippen LogP contribution in [0.25, 0.3) is 53.2 Å². The zero-order chi connectivity index (χ0) is 34.0. The van der Waals surface area contributed by atoms with E-state index in [4.69, 9.17) is 0 Å². The number of fused-ring (bicyclic) bond motifs is 7. The van der Waals surface area contributed by atoms with Gasteiger partial charge in [-0.25, -0.2) is 0 Å². The van der Waals surface area contributed by atoms with Crippen molar-refractivity contribution in [1.29, 1.82) is 0 Å². The predicted molar refractivity (Wildman–Crippen MR) is 220 cm³/mol. The minimum absolute atomic E-state index is 0.123. The number of benzene rings is 7. The molecule has 4 fully saturated rings. The zero-order valence-electron chi connectivity index (χ0n) is 29.1. The Labute approximate surface area is 309 Å². The van der Waals surface area contributed by atoms with Crippen LogP contribution in [0.2, 0.25) is 0 Å². The van der Waals surface area contributed by atoms with Crippen LogP contribution in [0.1, 0.15) is 43.2 Å². The summed E-state index contributed by atoms with van der Waals surface area (Å²) in [5.41, 5.74) is 12.5. The van der Waals surface area contributed by atoms with Gasteiger partial charge < -0.3 is 4.90 Å². The second-order valence-electron chi connectivity index (χ2n) is 16.1. The number of hydrogen-bond donors (Lipinski definition) is 0. The third-order valence-electron chi connectivity index (χ3n) is 13.6. The van der Waals surface area contributed by atoms with Crippen LogP contribution in [0.4, 0.5) is 17.1 Å². The average Bonchev–Trinajstić information content (AvgIpc) is 3.72. The lowest BCUT2D eigenvalue weighted by Crippen LogP contribution is -2.55. The summed E-state index contributed by atoms with van der Waals surface area (Å²) < 4.78 is 2.70. The fourth-order valence-corrected chi connectivity index (χ4v) is 13.2. The molecule has 13 rings (SSSR count). The number of anilines is 3. The molecule has 0 unspecified atom stereocenters. The normalized spacial score (nSPS) is 23.8. The Balaban J connectivity index is 1.12. The van der Waals surface area contributed by atoms with Crippen molar-refractivity contribution >= 4 is 59.3 Å². The molecule has 5 aliphatic rings. The summed E-state index contributed by atoms with van der Waals surface area (Å²) in [6.07, 6.45) is 7.04. The molecule has 250 valence electrons. The predicted octanol–water partition coefficient (Wildman–Crippen LogP) is 14.1. The molecule has 5 aliphatic carbocycles. The fourth-order valence-electron chi connectivity index (χ4n) is 12.0. The first-order valence-corrected chi connectivity index (χ1v) is 20.1. The van der Waals surface area contributed by atoms with Crippen molar-refractivity contribution < 1.29 is 0 Å². The van der Waals surface area contributed by atoms with Gasteiger partial charge in [-0.05, 0) is 119 Å². The maximum Gasteiger partial charge on any atom is 0.0543 e. The molecular formula is C50H39NS. The molecule has 0 radical (unpaired) electrons. The Hall–Kier alpha value is -5.18. The van der Waals surface area contributed by atoms with Crippen LogP contribution in [-0.2, 0) is 5.41 Å². The van der Waals surface area contributed by atoms with Crippen molar-refractivity contribution in [3.8, 4) is 22.3 Å². The van der Waals surface area contributed by atoms with E-state index in [2.05, 4.69) is 157 Å². The molecule has 52 heavy (non-hydrogen) atoms. The van der Waals surface area contributed by atoms with Gasteiger partial charge in [0.2, 0.25) is 0 Å². The molecule has 8 aromatic rings. The lowest BCUT2D eigenvalue weighted by Gasteiger charge is -2.61. The highest BCUT2D eigenvalue weighted by atomic mass is 32.1. The van der Waals surface area contributed by atoms with E-state index in [9.17, 15) is 0 Å². The quantitative estimate of drug-likeness (QED) is 0.178. The van der Waals surface area contributed by atoms with Gasteiger partial charge in [0.1, 0.15) is 0 Å². The highest BCUT2D eigenvalue weighted by Gasteiger charge is 2.61. The molecule has 4 saturated carbocycles. The summed E-state index contributed by atoms with van der Waals surface area (Å²) in [7, 11) is 0. The van der Waals surface area contributed by atoms with Gasteiger partial charge >= 0.3 is 0 Å². The second-order valence-corrected chi connectivity index (χ2v) is 17.1. The lowest BCUT2D eigenvalue weighted by molar-refractivity contribution is -0.0399. The molecule has 0 atom stereocenters. The largest absolute Gasteiger partial charge is 0.309 e. The summed E-state index contributed by atoms with van der Waals surface area (Å²) >= 11 is 1.91. The molecular weight excluding hydrogens is 647 g/mol. The maximum atomic E-state index is 2.60. The first kappa shape index (κ1) is 29.4. The first-order valence-electron chi connectivity index (χ1n) is 19.3. The van der Waals surface area contributed by atoms with Gasteiger partial charge in [-0.3, -0.25) is 0 Å². The highest BCUT2D eigenvalue weighted by molar-refractivity contribution is 7.26. The molecule has 0 amide bonds. The molecule has 1 heterocycles. The van der Waals surface area contributed by atoms with Crippen LogP contribution in [0.5, 0.6) is 0 Å². The van der Waals surface area contributed by atoms with E-state index >= 15 is 0 Å². The smallest absolute Gasteiger partial charge is 0.0543 e. The maximum absolute atomic E-state index is 2.60. The zero-order valence-corrected chi connectivity index (χ0v) is 30.0. The second kappa shape index (κ2) is 10.9. The van der Waals surface area contributed by atoms with Gasteiger partial charge in [-0.15, -0.1) is 11.3 Å². The number of hydrogen-bond acceptors (Lipinski definition) is 2. The summed E-state index contributed by atoms with van der Waals surface area (Å²) in [6, 6.07) is 57.6. The fraction of sp³-hybridized carbons (Fsp3) is 0.200. The molecule has 7 aromatic carbocycles. The van der Waals surface area contributed by atoms with Gasteiger partial charge in [0, 0.05) is 42.2 Å². The SMILES string of the molecule is c1cc(-c2cccc3c2sc2ccccc23)cc(N(c2cccc3c2-c2ccccc2C32C3CC4CC(C3)CC2C4)c2cccc3ccccc23)c1. The number of nitrogens with zero attached hydrogens (tertiary/aromatic N) is 1. The van der Waals surface area contributed by atoms with Crippen LogP contribution in [-0.4, -0.2) is 0 Å². The van der Waals surface area contributed by atoms with E-state index in [0.29, 0.717) is 0 Å². The molecule has 0 N–H and O–H groups in total. The average molecular weight is 686 g/mol. The molecule has 1 nitrogen and oxygen atoms in total. The van der Waals surface area contributed by atoms with E-state index in [1.807, 2.05) is 11.3 Å². The van der Waals surface area contributed by atoms with Crippen LogP contribution in [0.15, 0.2) is 152 Å². The molecule has 1 aromatic heterocycles. The summed E-state index contributed by atoms with van der Waals surface area (Å²) in [5.74, 6) is 3.32. The highest BCUT2D eigenvalue weighted by Crippen LogP contribution is 2.70. The standard InChI is InChI=1S/C50H39NS/c1-2-15-38-33(11-1)12-8-22-45(38)51(37-14-7-13-34(30-37)39-18-9-19-41-40-16-4-6-24-47(40)52-49(39)41)46-23-10-21-44-48(46)42-17-3-5-20-43(42)50(44)35-26-31-25-32(28-35)29-36(50)27-31/h1-24,30-32,35-36H,25-29H2. The van der Waals surface area contributed by atoms with Crippen molar-refractivity contribution in [2.75, 3.05) is 4.90 Å². The Bertz CT molecular complexity index is 2700. The van der Waals surface area contributed by atoms with Gasteiger partial charge in [0.15, 0.2) is 0 Å². The third kappa shape index (κ3) is 3.94. The third-order valence-corrected chi connectivity index (χ3v) is 14.8. The molecule has 1 spiro atoms. The number of thiophene rings is 1. The molecule has 2 heteroatoms. The van der Waals surface area contributed by atoms with Crippen LogP contribution < -0.4 is 4.90 Å². The van der Waals surface area contributed by atoms with Crippen molar-refractivity contribution in [3.05, 3.63) is 163 Å². The van der Waals surface area contributed by atoms with Gasteiger partial charge in [-0.2, -0.15) is 0 Å². The minimum atomic E-state index is 0.123. The van der Waals surface area contributed by atoms with Gasteiger partial charge in [0.05, 0.1) is 11.4 Å². The Morgan fingerprint density at radius 3 is 2.02 bits per heavy atom. The Morgan fingerprint density at radius 2 is 1.13 bits per heavy atom. The summed E-state index contributed by atoms with van der Waals surface area (Å²) in [4.78, 5) is 2.60. The molecule has 0 aliphatic heterocycles. The van der Waals surface area contributed by atoms with E-state index < -0.39 is 0 Å². The summed E-state index contributed by atoms with van der Waals surface area (Å²) in [5, 5.41) is 5.22. The van der Waals surface area contributed by atoms with Gasteiger partial charge in [0.25, 0.3) is 0 Å². The van der Waals surface area contributed by atoms with Crippen molar-refractivity contribution in [3.63, 3.8) is 0 Å². The van der Waals surface area contributed by atoms with E-state index in [0.717, 1.165) is 23.7 Å². The van der Waals surface area contributed by atoms with Crippen LogP contribution in [0, 0.1) is 23.7 Å². The Kier molecular flexibility index (Phi) is 6.17. The molecule has 4 bridgehead atoms. The monoisotopic (exact) mass is 685 g/mol. The van der Waals surface area contributed by atoms with Crippen LogP contribution >= 0.6 is 11.3 Å². The Morgan fingerprint density at radius 1 is 0.500 bits per heavy atom. The van der Waals surface area contributed by atoms with Crippen molar-refractivity contribution in [1.82, 2.24) is 0 Å². The lowest BCUT2D eigenvalue weighted by atomic mass is 9.43. The molecule has 0 saturated heterocycles. The van der Waals surface area contributed by atoms with Gasteiger partial charge in [-0.1, -0.05) is 121 Å². The van der Waals surface area contributed by atoms with E-state index in [-0.39, 0.29) is 5.41 Å². The summed E-state index contributed by atoms with van der Waals surface area (Å²) in [6.45, 7) is 0.